The predicted molar refractivity (Wildman–Crippen MR) is 46.2 cm³/mol. The van der Waals surface area contributed by atoms with E-state index < -0.39 is 0 Å². The molecule has 1 saturated heterocycles. The van der Waals surface area contributed by atoms with E-state index in [1.54, 1.807) is 4.90 Å². The predicted octanol–water partition coefficient (Wildman–Crippen LogP) is 0.797. The van der Waals surface area contributed by atoms with Gasteiger partial charge in [-0.25, -0.2) is 0 Å². The number of terminal acetylenes is 1. The molecular formula is C10H11NO. The smallest absolute Gasteiger partial charge is 0.230 e. The first kappa shape index (κ1) is 7.42. The highest BCUT2D eigenvalue weighted by molar-refractivity contribution is 5.83. The van der Waals surface area contributed by atoms with Gasteiger partial charge in [0.25, 0.3) is 0 Å². The molecule has 1 fully saturated rings. The maximum absolute atomic E-state index is 11.6. The number of nitrogens with zero attached hydrogens (tertiary/aromatic N) is 1. The second-order valence-corrected chi connectivity index (χ2v) is 3.31. The van der Waals surface area contributed by atoms with Gasteiger partial charge in [-0.1, -0.05) is 18.1 Å². The van der Waals surface area contributed by atoms with Crippen LogP contribution >= 0.6 is 0 Å². The van der Waals surface area contributed by atoms with Crippen LogP contribution in [0.5, 0.6) is 0 Å². The van der Waals surface area contributed by atoms with Crippen LogP contribution in [0.2, 0.25) is 0 Å². The summed E-state index contributed by atoms with van der Waals surface area (Å²) < 4.78 is 0. The van der Waals surface area contributed by atoms with E-state index in [4.69, 9.17) is 6.42 Å². The van der Waals surface area contributed by atoms with E-state index in [0.717, 1.165) is 12.8 Å². The lowest BCUT2D eigenvalue weighted by Gasteiger charge is -2.39. The van der Waals surface area contributed by atoms with Gasteiger partial charge in [0.15, 0.2) is 0 Å². The molecule has 0 aromatic carbocycles. The quantitative estimate of drug-likeness (QED) is 0.411. The zero-order chi connectivity index (χ0) is 8.55. The van der Waals surface area contributed by atoms with Crippen molar-refractivity contribution in [2.24, 2.45) is 5.92 Å². The fourth-order valence-electron chi connectivity index (χ4n) is 1.94. The minimum atomic E-state index is 0.114. The molecule has 0 N–H and O–H groups in total. The van der Waals surface area contributed by atoms with Crippen LogP contribution in [0.3, 0.4) is 0 Å². The van der Waals surface area contributed by atoms with Crippen molar-refractivity contribution in [3.05, 3.63) is 12.2 Å². The molecule has 0 unspecified atom stereocenters. The third-order valence-corrected chi connectivity index (χ3v) is 2.60. The van der Waals surface area contributed by atoms with Crippen molar-refractivity contribution < 1.29 is 4.79 Å². The lowest BCUT2D eigenvalue weighted by atomic mass is 9.85. The Labute approximate surface area is 72.2 Å². The van der Waals surface area contributed by atoms with E-state index in [9.17, 15) is 4.79 Å². The van der Waals surface area contributed by atoms with Crippen molar-refractivity contribution in [1.82, 2.24) is 4.90 Å². The Morgan fingerprint density at radius 2 is 2.42 bits per heavy atom. The fraction of sp³-hybridized carbons (Fsp3) is 0.500. The third-order valence-electron chi connectivity index (χ3n) is 2.60. The molecule has 0 saturated carbocycles. The van der Waals surface area contributed by atoms with Crippen LogP contribution in [-0.2, 0) is 4.79 Å². The summed E-state index contributed by atoms with van der Waals surface area (Å²) in [7, 11) is 0. The minimum absolute atomic E-state index is 0.114. The van der Waals surface area contributed by atoms with Crippen molar-refractivity contribution in [3.8, 4) is 12.3 Å². The molecule has 2 heterocycles. The Morgan fingerprint density at radius 3 is 2.92 bits per heavy atom. The van der Waals surface area contributed by atoms with Gasteiger partial charge in [0.1, 0.15) is 0 Å². The molecular weight excluding hydrogens is 150 g/mol. The van der Waals surface area contributed by atoms with E-state index in [1.165, 1.54) is 0 Å². The number of hydrogen-bond acceptors (Lipinski definition) is 1. The van der Waals surface area contributed by atoms with Gasteiger partial charge in [0.2, 0.25) is 5.91 Å². The summed E-state index contributed by atoms with van der Waals surface area (Å²) in [4.78, 5) is 13.4. The summed E-state index contributed by atoms with van der Waals surface area (Å²) in [6, 6.07) is 0.276. The highest BCUT2D eigenvalue weighted by Crippen LogP contribution is 2.29. The molecule has 0 aromatic rings. The Kier molecular flexibility index (Phi) is 1.65. The van der Waals surface area contributed by atoms with Crippen molar-refractivity contribution in [1.29, 1.82) is 0 Å². The Bertz CT molecular complexity index is 274. The van der Waals surface area contributed by atoms with Gasteiger partial charge in [-0.15, -0.1) is 6.42 Å². The van der Waals surface area contributed by atoms with Crippen LogP contribution in [0.4, 0.5) is 0 Å². The summed E-state index contributed by atoms with van der Waals surface area (Å²) in [5.41, 5.74) is 0. The van der Waals surface area contributed by atoms with Crippen LogP contribution in [-0.4, -0.2) is 23.4 Å². The van der Waals surface area contributed by atoms with Crippen LogP contribution in [0, 0.1) is 18.3 Å². The van der Waals surface area contributed by atoms with Crippen molar-refractivity contribution in [3.63, 3.8) is 0 Å². The van der Waals surface area contributed by atoms with Crippen molar-refractivity contribution >= 4 is 5.91 Å². The van der Waals surface area contributed by atoms with Gasteiger partial charge < -0.3 is 4.90 Å². The first-order valence-corrected chi connectivity index (χ1v) is 4.25. The number of hydrogen-bond donors (Lipinski definition) is 0. The van der Waals surface area contributed by atoms with Gasteiger partial charge in [0, 0.05) is 0 Å². The lowest BCUT2D eigenvalue weighted by molar-refractivity contribution is -0.138. The summed E-state index contributed by atoms with van der Waals surface area (Å²) >= 11 is 0. The van der Waals surface area contributed by atoms with Crippen molar-refractivity contribution in [2.45, 2.75) is 18.9 Å². The average molecular weight is 161 g/mol. The Hall–Kier alpha value is -1.23. The van der Waals surface area contributed by atoms with Gasteiger partial charge in [-0.05, 0) is 12.8 Å². The highest BCUT2D eigenvalue weighted by Gasteiger charge is 2.35. The van der Waals surface area contributed by atoms with Crippen LogP contribution in [0.25, 0.3) is 0 Å². The van der Waals surface area contributed by atoms with Gasteiger partial charge in [0.05, 0.1) is 18.5 Å². The number of piperidine rings is 1. The van der Waals surface area contributed by atoms with Gasteiger partial charge in [-0.2, -0.15) is 0 Å². The SMILES string of the molecule is C#CCN1C(=O)[C@H]2C=C[C@@H]1CC2. The summed E-state index contributed by atoms with van der Waals surface area (Å²) in [5, 5.41) is 0. The number of carbonyl (C=O) groups excluding carboxylic acids is 1. The molecule has 1 amide bonds. The van der Waals surface area contributed by atoms with E-state index in [2.05, 4.69) is 12.0 Å². The van der Waals surface area contributed by atoms with E-state index >= 15 is 0 Å². The Morgan fingerprint density at radius 1 is 1.58 bits per heavy atom. The fourth-order valence-corrected chi connectivity index (χ4v) is 1.94. The number of fused-ring (bicyclic) bond motifs is 2. The molecule has 62 valence electrons. The van der Waals surface area contributed by atoms with Crippen LogP contribution in [0.1, 0.15) is 12.8 Å². The van der Waals surface area contributed by atoms with E-state index in [-0.39, 0.29) is 17.9 Å². The van der Waals surface area contributed by atoms with E-state index in [1.807, 2.05) is 6.08 Å². The minimum Gasteiger partial charge on any atom is -0.325 e. The molecule has 2 bridgehead atoms. The normalized spacial score (nSPS) is 32.2. The lowest BCUT2D eigenvalue weighted by Crippen LogP contribution is -2.49. The molecule has 12 heavy (non-hydrogen) atoms. The number of amides is 1. The molecule has 1 aliphatic carbocycles. The first-order valence-electron chi connectivity index (χ1n) is 4.25. The maximum atomic E-state index is 11.6. The second kappa shape index (κ2) is 2.67. The monoisotopic (exact) mass is 161 g/mol. The summed E-state index contributed by atoms with van der Waals surface area (Å²) in [6.07, 6.45) is 11.4. The molecule has 2 nitrogen and oxygen atoms in total. The van der Waals surface area contributed by atoms with Gasteiger partial charge >= 0.3 is 0 Å². The number of carbonyl (C=O) groups is 1. The molecule has 3 rings (SSSR count). The second-order valence-electron chi connectivity index (χ2n) is 3.31. The van der Waals surface area contributed by atoms with Gasteiger partial charge in [-0.3, -0.25) is 4.79 Å². The third kappa shape index (κ3) is 0.937. The van der Waals surface area contributed by atoms with Crippen LogP contribution < -0.4 is 0 Å². The summed E-state index contributed by atoms with van der Waals surface area (Å²) in [5.74, 6) is 2.85. The largest absolute Gasteiger partial charge is 0.325 e. The highest BCUT2D eigenvalue weighted by atomic mass is 16.2. The molecule has 2 atom stereocenters. The zero-order valence-electron chi connectivity index (χ0n) is 6.86. The van der Waals surface area contributed by atoms with E-state index in [0.29, 0.717) is 6.54 Å². The van der Waals surface area contributed by atoms with Crippen LogP contribution in [0.15, 0.2) is 12.2 Å². The molecule has 0 radical (unpaired) electrons. The average Bonchev–Trinajstić information content (AvgIpc) is 2.12. The topological polar surface area (TPSA) is 20.3 Å². The van der Waals surface area contributed by atoms with Crippen molar-refractivity contribution in [2.75, 3.05) is 6.54 Å². The Balaban J connectivity index is 2.22. The molecule has 2 aliphatic heterocycles. The molecule has 0 aromatic heterocycles. The molecule has 3 aliphatic rings. The number of rotatable bonds is 1. The zero-order valence-corrected chi connectivity index (χ0v) is 6.86. The molecule has 2 heteroatoms. The maximum Gasteiger partial charge on any atom is 0.230 e. The standard InChI is InChI=1S/C10H11NO/c1-2-7-11-9-5-3-8(4-6-9)10(11)12/h1,3,5,8-9H,4,6-7H2/t8-,9+/m0/s1. The first-order chi connectivity index (χ1) is 5.83. The molecule has 0 spiro atoms. The summed E-state index contributed by atoms with van der Waals surface area (Å²) in [6.45, 7) is 0.463.